The maximum atomic E-state index is 13.3. The first-order chi connectivity index (χ1) is 18.4. The second-order valence-electron chi connectivity index (χ2n) is 12.3. The number of amides is 2. The zero-order chi connectivity index (χ0) is 26.2. The Labute approximate surface area is 227 Å². The number of rotatable bonds is 8. The average Bonchev–Trinajstić information content (AvgIpc) is 3.68. The van der Waals surface area contributed by atoms with Crippen molar-refractivity contribution in [1.29, 1.82) is 0 Å². The molecular weight excluding hydrogens is 472 g/mol. The summed E-state index contributed by atoms with van der Waals surface area (Å²) >= 11 is 0. The number of aryl methyl sites for hydroxylation is 2. The molecule has 0 radical (unpaired) electrons. The molecular formula is C32H42N4O2. The predicted molar refractivity (Wildman–Crippen MR) is 150 cm³/mol. The molecule has 38 heavy (non-hydrogen) atoms. The number of piperidine rings is 1. The van der Waals surface area contributed by atoms with Crippen LogP contribution in [0.3, 0.4) is 0 Å². The number of fused-ring (bicyclic) bond motifs is 3. The van der Waals surface area contributed by atoms with Crippen molar-refractivity contribution in [2.75, 3.05) is 45.8 Å². The molecule has 2 amide bonds. The molecule has 5 atom stereocenters. The average molecular weight is 515 g/mol. The van der Waals surface area contributed by atoms with Gasteiger partial charge < -0.3 is 15.1 Å². The molecule has 3 saturated heterocycles. The third-order valence-corrected chi connectivity index (χ3v) is 9.68. The fraction of sp³-hybridized carbons (Fsp3) is 0.562. The molecule has 6 nitrogen and oxygen atoms in total. The normalized spacial score (nSPS) is 27.6. The fourth-order valence-corrected chi connectivity index (χ4v) is 7.71. The van der Waals surface area contributed by atoms with Crippen LogP contribution in [0.5, 0.6) is 0 Å². The second kappa shape index (κ2) is 10.8. The number of hydrogen-bond acceptors (Lipinski definition) is 4. The highest BCUT2D eigenvalue weighted by Crippen LogP contribution is 2.37. The zero-order valence-corrected chi connectivity index (χ0v) is 22.9. The largest absolute Gasteiger partial charge is 0.348 e. The Morgan fingerprint density at radius 3 is 2.24 bits per heavy atom. The standard InChI is InChI=1S/C32H42N4O2/c1-22-7-6-8-23(2)31(22)32(38)36-19-26-17-34(18-27(26)20-36)14-13-29(25-9-4-3-5-10-25)33-30(37)21-35-16-24-11-12-28(35)15-24/h3-10,24,26-29H,11-21H2,1-2H3,(H,33,37)/t24?,26-,27?,28?,29?/m0/s1. The van der Waals surface area contributed by atoms with Crippen LogP contribution in [-0.2, 0) is 4.79 Å². The van der Waals surface area contributed by atoms with Gasteiger partial charge in [0.15, 0.2) is 0 Å². The van der Waals surface area contributed by atoms with Gasteiger partial charge in [0.25, 0.3) is 5.91 Å². The van der Waals surface area contributed by atoms with Crippen molar-refractivity contribution >= 4 is 11.8 Å². The van der Waals surface area contributed by atoms with Crippen LogP contribution in [0.4, 0.5) is 0 Å². The fourth-order valence-electron chi connectivity index (χ4n) is 7.71. The lowest BCUT2D eigenvalue weighted by Crippen LogP contribution is -2.42. The summed E-state index contributed by atoms with van der Waals surface area (Å²) in [5.41, 5.74) is 4.21. The minimum atomic E-state index is 0.0334. The predicted octanol–water partition coefficient (Wildman–Crippen LogP) is 4.04. The third kappa shape index (κ3) is 5.26. The van der Waals surface area contributed by atoms with E-state index >= 15 is 0 Å². The van der Waals surface area contributed by atoms with Crippen LogP contribution in [-0.4, -0.2) is 78.4 Å². The number of carbonyl (C=O) groups excluding carboxylic acids is 2. The van der Waals surface area contributed by atoms with Crippen molar-refractivity contribution in [2.45, 2.75) is 51.6 Å². The molecule has 4 unspecified atom stereocenters. The quantitative estimate of drug-likeness (QED) is 0.578. The van der Waals surface area contributed by atoms with Crippen LogP contribution in [0.1, 0.15) is 58.8 Å². The van der Waals surface area contributed by atoms with Crippen molar-refractivity contribution in [3.05, 3.63) is 70.8 Å². The summed E-state index contributed by atoms with van der Waals surface area (Å²) in [7, 11) is 0. The summed E-state index contributed by atoms with van der Waals surface area (Å²) in [4.78, 5) is 33.4. The molecule has 0 aromatic heterocycles. The lowest BCUT2D eigenvalue weighted by Gasteiger charge is -2.28. The van der Waals surface area contributed by atoms with E-state index in [1.807, 2.05) is 38.1 Å². The van der Waals surface area contributed by atoms with E-state index < -0.39 is 0 Å². The summed E-state index contributed by atoms with van der Waals surface area (Å²) in [6.07, 6.45) is 4.78. The first-order valence-electron chi connectivity index (χ1n) is 14.6. The number of likely N-dealkylation sites (tertiary alicyclic amines) is 3. The highest BCUT2D eigenvalue weighted by molar-refractivity contribution is 5.97. The molecule has 0 spiro atoms. The van der Waals surface area contributed by atoms with Gasteiger partial charge in [-0.2, -0.15) is 0 Å². The van der Waals surface area contributed by atoms with Gasteiger partial charge in [-0.25, -0.2) is 0 Å². The molecule has 6 heteroatoms. The minimum Gasteiger partial charge on any atom is -0.348 e. The van der Waals surface area contributed by atoms with E-state index in [0.717, 1.165) is 68.3 Å². The molecule has 3 aliphatic heterocycles. The van der Waals surface area contributed by atoms with Gasteiger partial charge in [-0.15, -0.1) is 0 Å². The van der Waals surface area contributed by atoms with Crippen LogP contribution in [0.15, 0.2) is 48.5 Å². The third-order valence-electron chi connectivity index (χ3n) is 9.68. The van der Waals surface area contributed by atoms with Crippen LogP contribution in [0.25, 0.3) is 0 Å². The van der Waals surface area contributed by atoms with Crippen molar-refractivity contribution in [3.8, 4) is 0 Å². The lowest BCUT2D eigenvalue weighted by atomic mass is 10.0. The molecule has 4 fully saturated rings. The van der Waals surface area contributed by atoms with E-state index in [4.69, 9.17) is 0 Å². The van der Waals surface area contributed by atoms with Crippen LogP contribution < -0.4 is 5.32 Å². The molecule has 202 valence electrons. The molecule has 1 aliphatic carbocycles. The van der Waals surface area contributed by atoms with Gasteiger partial charge in [0, 0.05) is 50.9 Å². The molecule has 2 aromatic carbocycles. The molecule has 4 aliphatic rings. The molecule has 6 rings (SSSR count). The summed E-state index contributed by atoms with van der Waals surface area (Å²) in [6.45, 7) is 10.4. The Balaban J connectivity index is 1.03. The highest BCUT2D eigenvalue weighted by atomic mass is 16.2. The molecule has 2 aromatic rings. The van der Waals surface area contributed by atoms with Gasteiger partial charge in [-0.3, -0.25) is 14.5 Å². The summed E-state index contributed by atoms with van der Waals surface area (Å²) in [5.74, 6) is 2.24. The number of nitrogens with one attached hydrogen (secondary N) is 1. The van der Waals surface area contributed by atoms with Crippen LogP contribution in [0.2, 0.25) is 0 Å². The van der Waals surface area contributed by atoms with Gasteiger partial charge in [0.1, 0.15) is 0 Å². The van der Waals surface area contributed by atoms with Gasteiger partial charge in [0.2, 0.25) is 5.91 Å². The Morgan fingerprint density at radius 2 is 1.61 bits per heavy atom. The van der Waals surface area contributed by atoms with Crippen molar-refractivity contribution in [2.24, 2.45) is 17.8 Å². The van der Waals surface area contributed by atoms with Gasteiger partial charge in [-0.05, 0) is 74.0 Å². The first kappa shape index (κ1) is 25.6. The summed E-state index contributed by atoms with van der Waals surface area (Å²) in [5, 5.41) is 3.38. The van der Waals surface area contributed by atoms with Gasteiger partial charge >= 0.3 is 0 Å². The van der Waals surface area contributed by atoms with Crippen molar-refractivity contribution in [1.82, 2.24) is 20.0 Å². The molecule has 1 N–H and O–H groups in total. The summed E-state index contributed by atoms with van der Waals surface area (Å²) in [6, 6.07) is 17.2. The van der Waals surface area contributed by atoms with Gasteiger partial charge in [-0.1, -0.05) is 48.5 Å². The molecule has 3 heterocycles. The second-order valence-corrected chi connectivity index (χ2v) is 12.3. The van der Waals surface area contributed by atoms with Crippen molar-refractivity contribution < 1.29 is 9.59 Å². The molecule has 1 saturated carbocycles. The van der Waals surface area contributed by atoms with E-state index in [1.54, 1.807) is 0 Å². The van der Waals surface area contributed by atoms with E-state index in [1.165, 1.54) is 24.8 Å². The SMILES string of the molecule is Cc1cccc(C)c1C(=O)N1CC2CN(CCC(NC(=O)CN3CC4CCC3C4)c3ccccc3)C[C@H]2C1. The minimum absolute atomic E-state index is 0.0334. The van der Waals surface area contributed by atoms with Gasteiger partial charge in [0.05, 0.1) is 12.6 Å². The Bertz CT molecular complexity index is 1130. The number of nitrogens with zero attached hydrogens (tertiary/aromatic N) is 3. The van der Waals surface area contributed by atoms with Crippen LogP contribution >= 0.6 is 0 Å². The topological polar surface area (TPSA) is 55.9 Å². The lowest BCUT2D eigenvalue weighted by molar-refractivity contribution is -0.123. The Kier molecular flexibility index (Phi) is 7.28. The van der Waals surface area contributed by atoms with E-state index in [-0.39, 0.29) is 17.9 Å². The monoisotopic (exact) mass is 514 g/mol. The summed E-state index contributed by atoms with van der Waals surface area (Å²) < 4.78 is 0. The molecule has 2 bridgehead atoms. The van der Waals surface area contributed by atoms with E-state index in [9.17, 15) is 9.59 Å². The smallest absolute Gasteiger partial charge is 0.254 e. The van der Waals surface area contributed by atoms with Crippen LogP contribution in [0, 0.1) is 31.6 Å². The number of carbonyl (C=O) groups is 2. The highest BCUT2D eigenvalue weighted by Gasteiger charge is 2.42. The maximum Gasteiger partial charge on any atom is 0.254 e. The number of benzene rings is 2. The zero-order valence-electron chi connectivity index (χ0n) is 22.9. The maximum absolute atomic E-state index is 13.3. The van der Waals surface area contributed by atoms with Crippen molar-refractivity contribution in [3.63, 3.8) is 0 Å². The number of hydrogen-bond donors (Lipinski definition) is 1. The Hall–Kier alpha value is -2.70. The first-order valence-corrected chi connectivity index (χ1v) is 14.6. The van der Waals surface area contributed by atoms with E-state index in [0.29, 0.717) is 24.4 Å². The van der Waals surface area contributed by atoms with E-state index in [2.05, 4.69) is 44.3 Å². The Morgan fingerprint density at radius 1 is 0.895 bits per heavy atom.